The first-order valence-electron chi connectivity index (χ1n) is 13.8. The summed E-state index contributed by atoms with van der Waals surface area (Å²) in [4.78, 5) is 29.5. The molecule has 0 spiro atoms. The predicted molar refractivity (Wildman–Crippen MR) is 165 cm³/mol. The van der Waals surface area contributed by atoms with Gasteiger partial charge in [-0.2, -0.15) is 0 Å². The number of rotatable bonds is 12. The first kappa shape index (κ1) is 29.8. The van der Waals surface area contributed by atoms with E-state index in [0.717, 1.165) is 38.9 Å². The Morgan fingerprint density at radius 3 is 2.02 bits per heavy atom. The van der Waals surface area contributed by atoms with Crippen LogP contribution >= 0.6 is 0 Å². The highest BCUT2D eigenvalue weighted by atomic mass is 32.2. The van der Waals surface area contributed by atoms with Crippen LogP contribution in [0.15, 0.2) is 103 Å². The number of amides is 2. The molecule has 0 heterocycles. The van der Waals surface area contributed by atoms with Crippen LogP contribution in [-0.2, 0) is 32.6 Å². The summed E-state index contributed by atoms with van der Waals surface area (Å²) in [5, 5.41) is 4.63. The zero-order valence-corrected chi connectivity index (χ0v) is 24.6. The Kier molecular flexibility index (Phi) is 9.78. The minimum atomic E-state index is -3.85. The van der Waals surface area contributed by atoms with Crippen molar-refractivity contribution in [1.82, 2.24) is 10.2 Å². The maximum Gasteiger partial charge on any atom is 0.244 e. The van der Waals surface area contributed by atoms with Gasteiger partial charge in [0.15, 0.2) is 0 Å². The van der Waals surface area contributed by atoms with Crippen LogP contribution in [0.3, 0.4) is 0 Å². The molecule has 0 aliphatic rings. The SMILES string of the molecule is CC[C@H](C)NC(=O)[C@H](Cc1ccccc1)N(Cc1ccccc1)C(=O)CN(c1cccc2ccccc12)S(C)(=O)=O. The third-order valence-corrected chi connectivity index (χ3v) is 8.31. The van der Waals surface area contributed by atoms with Crippen molar-refractivity contribution < 1.29 is 18.0 Å². The molecular weight excluding hydrogens is 534 g/mol. The second-order valence-electron chi connectivity index (χ2n) is 10.3. The van der Waals surface area contributed by atoms with E-state index in [1.54, 1.807) is 12.1 Å². The van der Waals surface area contributed by atoms with Crippen LogP contribution in [-0.4, -0.2) is 50.0 Å². The lowest BCUT2D eigenvalue weighted by molar-refractivity contribution is -0.140. The van der Waals surface area contributed by atoms with Crippen molar-refractivity contribution in [2.75, 3.05) is 17.1 Å². The van der Waals surface area contributed by atoms with Crippen molar-refractivity contribution in [1.29, 1.82) is 0 Å². The molecule has 1 N–H and O–H groups in total. The number of hydrogen-bond donors (Lipinski definition) is 1. The van der Waals surface area contributed by atoms with Crippen molar-refractivity contribution in [2.45, 2.75) is 45.3 Å². The number of sulfonamides is 1. The molecule has 7 nitrogen and oxygen atoms in total. The molecule has 4 aromatic rings. The standard InChI is InChI=1S/C33H37N3O4S/c1-4-25(2)34-33(38)31(22-26-14-7-5-8-15-26)35(23-27-16-9-6-10-17-27)32(37)24-36(41(3,39)40)30-21-13-19-28-18-11-12-20-29(28)30/h5-21,25,31H,4,22-24H2,1-3H3,(H,34,38)/t25-,31-/m0/s1. The van der Waals surface area contributed by atoms with E-state index in [2.05, 4.69) is 5.32 Å². The Bertz CT molecular complexity index is 1570. The molecule has 0 bridgehead atoms. The highest BCUT2D eigenvalue weighted by Crippen LogP contribution is 2.29. The second kappa shape index (κ2) is 13.5. The van der Waals surface area contributed by atoms with Gasteiger partial charge in [-0.15, -0.1) is 0 Å². The van der Waals surface area contributed by atoms with Crippen LogP contribution in [0, 0.1) is 0 Å². The van der Waals surface area contributed by atoms with E-state index in [0.29, 0.717) is 5.69 Å². The van der Waals surface area contributed by atoms with Gasteiger partial charge in [-0.25, -0.2) is 8.42 Å². The summed E-state index contributed by atoms with van der Waals surface area (Å²) < 4.78 is 27.4. The van der Waals surface area contributed by atoms with Crippen LogP contribution in [0.5, 0.6) is 0 Å². The normalized spacial score (nSPS) is 12.9. The molecule has 4 aromatic carbocycles. The minimum Gasteiger partial charge on any atom is -0.352 e. The molecule has 0 aliphatic heterocycles. The fraction of sp³-hybridized carbons (Fsp3) is 0.273. The molecular formula is C33H37N3O4S. The third kappa shape index (κ3) is 7.73. The monoisotopic (exact) mass is 571 g/mol. The maximum absolute atomic E-state index is 14.2. The van der Waals surface area contributed by atoms with Crippen LogP contribution in [0.2, 0.25) is 0 Å². The topological polar surface area (TPSA) is 86.8 Å². The second-order valence-corrected chi connectivity index (χ2v) is 12.2. The van der Waals surface area contributed by atoms with Crippen molar-refractivity contribution >= 4 is 38.3 Å². The van der Waals surface area contributed by atoms with E-state index in [4.69, 9.17) is 0 Å². The van der Waals surface area contributed by atoms with Crippen molar-refractivity contribution in [3.8, 4) is 0 Å². The molecule has 8 heteroatoms. The molecule has 0 fully saturated rings. The van der Waals surface area contributed by atoms with Crippen molar-refractivity contribution in [3.63, 3.8) is 0 Å². The molecule has 0 aromatic heterocycles. The summed E-state index contributed by atoms with van der Waals surface area (Å²) in [6.45, 7) is 3.62. The summed E-state index contributed by atoms with van der Waals surface area (Å²) in [5.74, 6) is -0.740. The molecule has 0 aliphatic carbocycles. The Morgan fingerprint density at radius 1 is 0.805 bits per heavy atom. The number of benzene rings is 4. The zero-order chi connectivity index (χ0) is 29.4. The molecule has 0 unspecified atom stereocenters. The molecule has 2 amide bonds. The lowest BCUT2D eigenvalue weighted by atomic mass is 10.0. The highest BCUT2D eigenvalue weighted by Gasteiger charge is 2.33. The van der Waals surface area contributed by atoms with E-state index in [9.17, 15) is 18.0 Å². The average Bonchev–Trinajstić information content (AvgIpc) is 2.97. The number of anilines is 1. The van der Waals surface area contributed by atoms with Gasteiger partial charge in [0.05, 0.1) is 11.9 Å². The quantitative estimate of drug-likeness (QED) is 0.255. The minimum absolute atomic E-state index is 0.0855. The predicted octanol–water partition coefficient (Wildman–Crippen LogP) is 5.16. The smallest absolute Gasteiger partial charge is 0.244 e. The lowest BCUT2D eigenvalue weighted by Crippen LogP contribution is -2.54. The fourth-order valence-electron chi connectivity index (χ4n) is 4.80. The van der Waals surface area contributed by atoms with Crippen LogP contribution in [0.4, 0.5) is 5.69 Å². The third-order valence-electron chi connectivity index (χ3n) is 7.18. The molecule has 0 saturated heterocycles. The number of nitrogens with one attached hydrogen (secondary N) is 1. The van der Waals surface area contributed by atoms with E-state index in [-0.39, 0.29) is 24.9 Å². The van der Waals surface area contributed by atoms with Crippen LogP contribution in [0.25, 0.3) is 10.8 Å². The van der Waals surface area contributed by atoms with Gasteiger partial charge < -0.3 is 10.2 Å². The number of carbonyl (C=O) groups excluding carboxylic acids is 2. The highest BCUT2D eigenvalue weighted by molar-refractivity contribution is 7.92. The number of hydrogen-bond acceptors (Lipinski definition) is 4. The Hall–Kier alpha value is -4.17. The van der Waals surface area contributed by atoms with Gasteiger partial charge in [-0.05, 0) is 35.9 Å². The van der Waals surface area contributed by atoms with Gasteiger partial charge >= 0.3 is 0 Å². The van der Waals surface area contributed by atoms with Gasteiger partial charge in [-0.1, -0.05) is 104 Å². The first-order valence-corrected chi connectivity index (χ1v) is 15.7. The van der Waals surface area contributed by atoms with E-state index in [1.807, 2.05) is 105 Å². The molecule has 2 atom stereocenters. The summed E-state index contributed by atoms with van der Waals surface area (Å²) in [7, 11) is -3.85. The fourth-order valence-corrected chi connectivity index (χ4v) is 5.66. The Morgan fingerprint density at radius 2 is 1.39 bits per heavy atom. The van der Waals surface area contributed by atoms with Crippen LogP contribution in [0.1, 0.15) is 31.4 Å². The Balaban J connectivity index is 1.77. The maximum atomic E-state index is 14.2. The van der Waals surface area contributed by atoms with Gasteiger partial charge in [-0.3, -0.25) is 13.9 Å². The molecule has 4 rings (SSSR count). The van der Waals surface area contributed by atoms with E-state index < -0.39 is 28.5 Å². The number of carbonyl (C=O) groups is 2. The molecule has 0 radical (unpaired) electrons. The van der Waals surface area contributed by atoms with Crippen LogP contribution < -0.4 is 9.62 Å². The zero-order valence-electron chi connectivity index (χ0n) is 23.7. The van der Waals surface area contributed by atoms with Gasteiger partial charge in [0.25, 0.3) is 0 Å². The van der Waals surface area contributed by atoms with Crippen molar-refractivity contribution in [3.05, 3.63) is 114 Å². The largest absolute Gasteiger partial charge is 0.352 e. The number of nitrogens with zero attached hydrogens (tertiary/aromatic N) is 2. The first-order chi connectivity index (χ1) is 19.7. The van der Waals surface area contributed by atoms with Gasteiger partial charge in [0, 0.05) is 24.4 Å². The van der Waals surface area contributed by atoms with Crippen molar-refractivity contribution in [2.24, 2.45) is 0 Å². The van der Waals surface area contributed by atoms with Gasteiger partial charge in [0.1, 0.15) is 12.6 Å². The van der Waals surface area contributed by atoms with E-state index >= 15 is 0 Å². The summed E-state index contributed by atoms with van der Waals surface area (Å²) in [6, 6.07) is 30.9. The molecule has 41 heavy (non-hydrogen) atoms. The summed E-state index contributed by atoms with van der Waals surface area (Å²) in [5.41, 5.74) is 2.16. The molecule has 0 saturated carbocycles. The summed E-state index contributed by atoms with van der Waals surface area (Å²) in [6.07, 6.45) is 2.12. The van der Waals surface area contributed by atoms with E-state index in [1.165, 1.54) is 4.90 Å². The molecule has 214 valence electrons. The summed E-state index contributed by atoms with van der Waals surface area (Å²) >= 11 is 0. The van der Waals surface area contributed by atoms with Gasteiger partial charge in [0.2, 0.25) is 21.8 Å². The lowest BCUT2D eigenvalue weighted by Gasteiger charge is -2.34. The Labute approximate surface area is 242 Å². The average molecular weight is 572 g/mol. The number of fused-ring (bicyclic) bond motifs is 1.